The Balaban J connectivity index is 1.73. The topological polar surface area (TPSA) is 83.7 Å². The van der Waals surface area contributed by atoms with Gasteiger partial charge in [0.15, 0.2) is 5.69 Å². The average molecular weight is 371 g/mol. The van der Waals surface area contributed by atoms with Crippen molar-refractivity contribution in [2.24, 2.45) is 0 Å². The maximum atomic E-state index is 13.8. The quantitative estimate of drug-likeness (QED) is 0.815. The van der Waals surface area contributed by atoms with Gasteiger partial charge in [-0.25, -0.2) is 17.2 Å². The predicted molar refractivity (Wildman–Crippen MR) is 82.3 cm³/mol. The van der Waals surface area contributed by atoms with Gasteiger partial charge < -0.3 is 9.42 Å². The van der Waals surface area contributed by atoms with E-state index in [1.165, 1.54) is 11.0 Å². The van der Waals surface area contributed by atoms with E-state index in [0.29, 0.717) is 11.8 Å². The highest BCUT2D eigenvalue weighted by atomic mass is 32.2. The van der Waals surface area contributed by atoms with Crippen LogP contribution in [-0.4, -0.2) is 54.9 Å². The summed E-state index contributed by atoms with van der Waals surface area (Å²) in [7, 11) is -4.18. The van der Waals surface area contributed by atoms with E-state index in [-0.39, 0.29) is 37.8 Å². The zero-order chi connectivity index (χ0) is 18.2. The molecular weight excluding hydrogens is 356 g/mol. The molecule has 1 saturated heterocycles. The van der Waals surface area contributed by atoms with Gasteiger partial charge >= 0.3 is 0 Å². The van der Waals surface area contributed by atoms with Crippen molar-refractivity contribution in [3.05, 3.63) is 47.4 Å². The number of rotatable bonds is 3. The van der Waals surface area contributed by atoms with Crippen LogP contribution in [0.4, 0.5) is 8.78 Å². The Labute approximate surface area is 142 Å². The van der Waals surface area contributed by atoms with E-state index in [0.717, 1.165) is 16.4 Å². The lowest BCUT2D eigenvalue weighted by molar-refractivity contribution is 0.0687. The van der Waals surface area contributed by atoms with Crippen LogP contribution in [0, 0.1) is 18.6 Å². The minimum absolute atomic E-state index is 0.0269. The molecule has 0 spiro atoms. The van der Waals surface area contributed by atoms with Gasteiger partial charge in [0.2, 0.25) is 10.0 Å². The van der Waals surface area contributed by atoms with Gasteiger partial charge in [-0.15, -0.1) is 0 Å². The maximum Gasteiger partial charge on any atom is 0.276 e. The first-order valence-electron chi connectivity index (χ1n) is 7.47. The molecule has 0 saturated carbocycles. The third-order valence-electron chi connectivity index (χ3n) is 3.88. The maximum absolute atomic E-state index is 13.8. The Bertz CT molecular complexity index is 905. The molecule has 0 aliphatic carbocycles. The van der Waals surface area contributed by atoms with Crippen molar-refractivity contribution in [2.75, 3.05) is 26.2 Å². The molecule has 2 heterocycles. The molecule has 1 fully saturated rings. The van der Waals surface area contributed by atoms with Gasteiger partial charge in [-0.1, -0.05) is 5.16 Å². The van der Waals surface area contributed by atoms with Crippen LogP contribution in [-0.2, 0) is 10.0 Å². The zero-order valence-electron chi connectivity index (χ0n) is 13.3. The molecule has 0 radical (unpaired) electrons. The monoisotopic (exact) mass is 371 g/mol. The summed E-state index contributed by atoms with van der Waals surface area (Å²) < 4.78 is 58.0. The molecule has 2 aromatic rings. The Morgan fingerprint density at radius 1 is 1.16 bits per heavy atom. The fourth-order valence-electron chi connectivity index (χ4n) is 2.57. The number of hydrogen-bond acceptors (Lipinski definition) is 5. The van der Waals surface area contributed by atoms with Gasteiger partial charge in [0, 0.05) is 32.2 Å². The van der Waals surface area contributed by atoms with Crippen LogP contribution in [0.15, 0.2) is 33.7 Å². The molecule has 0 N–H and O–H groups in total. The smallest absolute Gasteiger partial charge is 0.276 e. The number of carbonyl (C=O) groups is 1. The summed E-state index contributed by atoms with van der Waals surface area (Å²) in [6.45, 7) is 1.82. The molecule has 10 heteroatoms. The highest BCUT2D eigenvalue weighted by Crippen LogP contribution is 2.22. The Morgan fingerprint density at radius 3 is 2.44 bits per heavy atom. The second kappa shape index (κ2) is 6.52. The lowest BCUT2D eigenvalue weighted by Gasteiger charge is -2.33. The van der Waals surface area contributed by atoms with Crippen molar-refractivity contribution in [2.45, 2.75) is 11.8 Å². The first-order chi connectivity index (χ1) is 11.8. The molecular formula is C15H15F2N3O4S. The van der Waals surface area contributed by atoms with E-state index in [4.69, 9.17) is 4.52 Å². The number of piperazine rings is 1. The van der Waals surface area contributed by atoms with E-state index in [9.17, 15) is 22.0 Å². The van der Waals surface area contributed by atoms with Crippen LogP contribution in [0.2, 0.25) is 0 Å². The summed E-state index contributed by atoms with van der Waals surface area (Å²) in [5, 5.41) is 3.64. The summed E-state index contributed by atoms with van der Waals surface area (Å²) in [5.41, 5.74) is 0.144. The molecule has 3 rings (SSSR count). The molecule has 7 nitrogen and oxygen atoms in total. The Hall–Kier alpha value is -2.33. The molecule has 0 unspecified atom stereocenters. The van der Waals surface area contributed by atoms with Crippen LogP contribution < -0.4 is 0 Å². The van der Waals surface area contributed by atoms with Gasteiger partial charge in [-0.2, -0.15) is 4.31 Å². The fraction of sp³-hybridized carbons (Fsp3) is 0.333. The standard InChI is InChI=1S/C15H15F2N3O4S/c1-10-8-13(18-24-10)15(21)19-4-6-20(7-5-19)25(22,23)14-9-11(16)2-3-12(14)17/h2-3,8-9H,4-7H2,1H3. The van der Waals surface area contributed by atoms with Gasteiger partial charge in [0.1, 0.15) is 22.3 Å². The summed E-state index contributed by atoms with van der Waals surface area (Å²) >= 11 is 0. The van der Waals surface area contributed by atoms with Crippen LogP contribution >= 0.6 is 0 Å². The summed E-state index contributed by atoms with van der Waals surface area (Å²) in [6.07, 6.45) is 0. The number of aryl methyl sites for hydroxylation is 1. The summed E-state index contributed by atoms with van der Waals surface area (Å²) in [4.78, 5) is 13.0. The molecule has 0 bridgehead atoms. The zero-order valence-corrected chi connectivity index (χ0v) is 14.1. The molecule has 1 aromatic carbocycles. The number of carbonyl (C=O) groups excluding carboxylic acids is 1. The lowest BCUT2D eigenvalue weighted by atomic mass is 10.3. The van der Waals surface area contributed by atoms with Gasteiger partial charge in [0.05, 0.1) is 0 Å². The van der Waals surface area contributed by atoms with E-state index < -0.39 is 26.6 Å². The minimum Gasteiger partial charge on any atom is -0.361 e. The number of sulfonamides is 1. The number of halogens is 2. The molecule has 1 amide bonds. The third kappa shape index (κ3) is 3.40. The lowest BCUT2D eigenvalue weighted by Crippen LogP contribution is -2.50. The van der Waals surface area contributed by atoms with Crippen LogP contribution in [0.3, 0.4) is 0 Å². The van der Waals surface area contributed by atoms with E-state index in [2.05, 4.69) is 5.16 Å². The van der Waals surface area contributed by atoms with E-state index in [1.807, 2.05) is 0 Å². The number of hydrogen-bond donors (Lipinski definition) is 0. The van der Waals surface area contributed by atoms with Crippen LogP contribution in [0.1, 0.15) is 16.2 Å². The highest BCUT2D eigenvalue weighted by molar-refractivity contribution is 7.89. The number of benzene rings is 1. The van der Waals surface area contributed by atoms with Gasteiger partial charge in [-0.05, 0) is 25.1 Å². The largest absolute Gasteiger partial charge is 0.361 e. The number of nitrogens with zero attached hydrogens (tertiary/aromatic N) is 3. The van der Waals surface area contributed by atoms with Gasteiger partial charge in [-0.3, -0.25) is 4.79 Å². The number of amides is 1. The minimum atomic E-state index is -4.18. The first kappa shape index (κ1) is 17.5. The van der Waals surface area contributed by atoms with Crippen molar-refractivity contribution in [1.82, 2.24) is 14.4 Å². The third-order valence-corrected chi connectivity index (χ3v) is 5.80. The SMILES string of the molecule is Cc1cc(C(=O)N2CCN(S(=O)(=O)c3cc(F)ccc3F)CC2)no1. The van der Waals surface area contributed by atoms with Crippen molar-refractivity contribution in [3.63, 3.8) is 0 Å². The highest BCUT2D eigenvalue weighted by Gasteiger charge is 2.33. The van der Waals surface area contributed by atoms with E-state index in [1.54, 1.807) is 6.92 Å². The van der Waals surface area contributed by atoms with Gasteiger partial charge in [0.25, 0.3) is 5.91 Å². The fourth-order valence-corrected chi connectivity index (χ4v) is 4.07. The second-order valence-electron chi connectivity index (χ2n) is 5.59. The van der Waals surface area contributed by atoms with Crippen molar-refractivity contribution in [1.29, 1.82) is 0 Å². The average Bonchev–Trinajstić information content (AvgIpc) is 3.03. The summed E-state index contributed by atoms with van der Waals surface area (Å²) in [6, 6.07) is 3.77. The molecule has 1 aliphatic heterocycles. The van der Waals surface area contributed by atoms with Crippen LogP contribution in [0.5, 0.6) is 0 Å². The Kier molecular flexibility index (Phi) is 4.56. The van der Waals surface area contributed by atoms with Crippen molar-refractivity contribution >= 4 is 15.9 Å². The molecule has 1 aromatic heterocycles. The van der Waals surface area contributed by atoms with Crippen molar-refractivity contribution in [3.8, 4) is 0 Å². The summed E-state index contributed by atoms with van der Waals surface area (Å²) in [5.74, 6) is -1.73. The number of aromatic nitrogens is 1. The predicted octanol–water partition coefficient (Wildman–Crippen LogP) is 1.41. The second-order valence-corrected chi connectivity index (χ2v) is 7.50. The van der Waals surface area contributed by atoms with E-state index >= 15 is 0 Å². The normalized spacial score (nSPS) is 16.2. The molecule has 1 aliphatic rings. The molecule has 25 heavy (non-hydrogen) atoms. The van der Waals surface area contributed by atoms with Crippen molar-refractivity contribution < 1.29 is 26.5 Å². The molecule has 134 valence electrons. The first-order valence-corrected chi connectivity index (χ1v) is 8.91. The molecule has 0 atom stereocenters. The van der Waals surface area contributed by atoms with Crippen LogP contribution in [0.25, 0.3) is 0 Å². The Morgan fingerprint density at radius 2 is 1.84 bits per heavy atom.